The zero-order chi connectivity index (χ0) is 17.8. The van der Waals surface area contributed by atoms with E-state index in [9.17, 15) is 5.11 Å². The van der Waals surface area contributed by atoms with Crippen LogP contribution in [-0.2, 0) is 0 Å². The molecular weight excluding hydrogens is 425 g/mol. The van der Waals surface area contributed by atoms with E-state index in [1.54, 1.807) is 0 Å². The molecule has 3 N–H and O–H groups in total. The quantitative estimate of drug-likeness (QED) is 0.281. The number of aliphatic imine (C=N–C) groups is 1. The Kier molecular flexibility index (Phi) is 13.9. The van der Waals surface area contributed by atoms with Gasteiger partial charge in [0.1, 0.15) is 0 Å². The van der Waals surface area contributed by atoms with Gasteiger partial charge in [0.2, 0.25) is 0 Å². The Labute approximate surface area is 170 Å². The first kappa shape index (κ1) is 24.2. The number of hydrogen-bond donors (Lipinski definition) is 3. The lowest BCUT2D eigenvalue weighted by Crippen LogP contribution is -2.39. The van der Waals surface area contributed by atoms with Crippen LogP contribution < -0.4 is 10.6 Å². The SMILES string of the molecule is CCNC(=NCC(CCO)CC(C)C)NCC(C)c1ccccc1.I. The molecule has 4 nitrogen and oxygen atoms in total. The second-order valence-electron chi connectivity index (χ2n) is 6.92. The average Bonchev–Trinajstić information content (AvgIpc) is 2.57. The third kappa shape index (κ3) is 10.7. The second kappa shape index (κ2) is 14.4. The number of rotatable bonds is 10. The zero-order valence-corrected chi connectivity index (χ0v) is 18.5. The Morgan fingerprint density at radius 1 is 1.12 bits per heavy atom. The summed E-state index contributed by atoms with van der Waals surface area (Å²) in [4.78, 5) is 4.73. The smallest absolute Gasteiger partial charge is 0.191 e. The maximum atomic E-state index is 9.24. The fourth-order valence-corrected chi connectivity index (χ4v) is 2.84. The highest BCUT2D eigenvalue weighted by Gasteiger charge is 2.11. The van der Waals surface area contributed by atoms with Crippen molar-refractivity contribution in [3.63, 3.8) is 0 Å². The Morgan fingerprint density at radius 2 is 1.80 bits per heavy atom. The molecule has 2 unspecified atom stereocenters. The third-order valence-electron chi connectivity index (χ3n) is 4.14. The summed E-state index contributed by atoms with van der Waals surface area (Å²) in [6, 6.07) is 10.5. The van der Waals surface area contributed by atoms with Crippen LogP contribution in [0.5, 0.6) is 0 Å². The van der Waals surface area contributed by atoms with E-state index in [2.05, 4.69) is 62.6 Å². The molecule has 0 aliphatic heterocycles. The van der Waals surface area contributed by atoms with Crippen LogP contribution in [-0.4, -0.2) is 37.3 Å². The highest BCUT2D eigenvalue weighted by molar-refractivity contribution is 14.0. The zero-order valence-electron chi connectivity index (χ0n) is 16.2. The summed E-state index contributed by atoms with van der Waals surface area (Å²) in [5.74, 6) is 2.37. The van der Waals surface area contributed by atoms with Gasteiger partial charge < -0.3 is 15.7 Å². The molecule has 0 aliphatic rings. The van der Waals surface area contributed by atoms with Crippen LogP contribution in [0, 0.1) is 11.8 Å². The Morgan fingerprint density at radius 3 is 2.36 bits per heavy atom. The first-order valence-electron chi connectivity index (χ1n) is 9.24. The molecule has 0 heterocycles. The summed E-state index contributed by atoms with van der Waals surface area (Å²) in [5.41, 5.74) is 1.33. The van der Waals surface area contributed by atoms with Crippen molar-refractivity contribution >= 4 is 29.9 Å². The maximum Gasteiger partial charge on any atom is 0.191 e. The molecule has 1 aromatic carbocycles. The molecule has 25 heavy (non-hydrogen) atoms. The minimum Gasteiger partial charge on any atom is -0.396 e. The molecule has 0 spiro atoms. The van der Waals surface area contributed by atoms with Crippen LogP contribution >= 0.6 is 24.0 Å². The second-order valence-corrected chi connectivity index (χ2v) is 6.92. The molecule has 0 bridgehead atoms. The lowest BCUT2D eigenvalue weighted by Gasteiger charge is -2.19. The van der Waals surface area contributed by atoms with Crippen molar-refractivity contribution in [2.24, 2.45) is 16.8 Å². The van der Waals surface area contributed by atoms with Gasteiger partial charge in [0.15, 0.2) is 5.96 Å². The van der Waals surface area contributed by atoms with Gasteiger partial charge in [0.05, 0.1) is 0 Å². The standard InChI is InChI=1S/C20H35N3O.HI/c1-5-21-20(23-15-18(11-12-24)13-16(2)3)22-14-17(4)19-9-7-6-8-10-19;/h6-10,16-18,24H,5,11-15H2,1-4H3,(H2,21,22,23);1H. The van der Waals surface area contributed by atoms with E-state index in [1.807, 2.05) is 6.07 Å². The number of nitrogens with one attached hydrogen (secondary N) is 2. The van der Waals surface area contributed by atoms with E-state index in [0.29, 0.717) is 17.8 Å². The van der Waals surface area contributed by atoms with E-state index in [4.69, 9.17) is 4.99 Å². The summed E-state index contributed by atoms with van der Waals surface area (Å²) < 4.78 is 0. The molecule has 0 saturated heterocycles. The minimum absolute atomic E-state index is 0. The summed E-state index contributed by atoms with van der Waals surface area (Å²) >= 11 is 0. The summed E-state index contributed by atoms with van der Waals surface area (Å²) in [6.45, 7) is 11.4. The molecule has 1 rings (SSSR count). The van der Waals surface area contributed by atoms with Crippen molar-refractivity contribution in [3.05, 3.63) is 35.9 Å². The number of hydrogen-bond acceptors (Lipinski definition) is 2. The molecule has 5 heteroatoms. The molecule has 144 valence electrons. The third-order valence-corrected chi connectivity index (χ3v) is 4.14. The summed E-state index contributed by atoms with van der Waals surface area (Å²) in [6.07, 6.45) is 1.92. The average molecular weight is 461 g/mol. The topological polar surface area (TPSA) is 56.7 Å². The van der Waals surface area contributed by atoms with Gasteiger partial charge in [-0.15, -0.1) is 24.0 Å². The molecule has 1 aromatic rings. The molecular formula is C20H36IN3O. The van der Waals surface area contributed by atoms with Gasteiger partial charge >= 0.3 is 0 Å². The van der Waals surface area contributed by atoms with Gasteiger partial charge in [-0.2, -0.15) is 0 Å². The van der Waals surface area contributed by atoms with Gasteiger partial charge in [-0.1, -0.05) is 51.1 Å². The Bertz CT molecular complexity index is 465. The fraction of sp³-hybridized carbons (Fsp3) is 0.650. The first-order chi connectivity index (χ1) is 11.6. The highest BCUT2D eigenvalue weighted by atomic mass is 127. The number of halogens is 1. The number of aliphatic hydroxyl groups is 1. The highest BCUT2D eigenvalue weighted by Crippen LogP contribution is 2.16. The Balaban J connectivity index is 0.00000576. The van der Waals surface area contributed by atoms with Crippen molar-refractivity contribution in [2.75, 3.05) is 26.2 Å². The van der Waals surface area contributed by atoms with Crippen LogP contribution in [0.25, 0.3) is 0 Å². The van der Waals surface area contributed by atoms with Gasteiger partial charge in [0.25, 0.3) is 0 Å². The van der Waals surface area contributed by atoms with Crippen LogP contribution in [0.2, 0.25) is 0 Å². The lowest BCUT2D eigenvalue weighted by atomic mass is 9.94. The largest absolute Gasteiger partial charge is 0.396 e. The summed E-state index contributed by atoms with van der Waals surface area (Å²) in [7, 11) is 0. The predicted molar refractivity (Wildman–Crippen MR) is 119 cm³/mol. The number of guanidine groups is 1. The van der Waals surface area contributed by atoms with E-state index in [1.165, 1.54) is 5.56 Å². The predicted octanol–water partition coefficient (Wildman–Crippen LogP) is 4.01. The van der Waals surface area contributed by atoms with Gasteiger partial charge in [0, 0.05) is 26.2 Å². The fourth-order valence-electron chi connectivity index (χ4n) is 2.84. The normalized spacial score (nSPS) is 13.9. The molecule has 0 fully saturated rings. The molecule has 2 atom stereocenters. The molecule has 0 saturated carbocycles. The lowest BCUT2D eigenvalue weighted by molar-refractivity contribution is 0.245. The van der Waals surface area contributed by atoms with Crippen LogP contribution in [0.4, 0.5) is 0 Å². The van der Waals surface area contributed by atoms with E-state index >= 15 is 0 Å². The minimum atomic E-state index is 0. The number of benzene rings is 1. The monoisotopic (exact) mass is 461 g/mol. The maximum absolute atomic E-state index is 9.24. The van der Waals surface area contributed by atoms with Gasteiger partial charge in [-0.05, 0) is 43.1 Å². The van der Waals surface area contributed by atoms with Crippen molar-refractivity contribution in [1.82, 2.24) is 10.6 Å². The molecule has 0 amide bonds. The van der Waals surface area contributed by atoms with Gasteiger partial charge in [-0.3, -0.25) is 4.99 Å². The molecule has 0 aliphatic carbocycles. The van der Waals surface area contributed by atoms with Crippen LogP contribution in [0.1, 0.15) is 52.0 Å². The van der Waals surface area contributed by atoms with E-state index < -0.39 is 0 Å². The molecule has 0 aromatic heterocycles. The van der Waals surface area contributed by atoms with Crippen molar-refractivity contribution in [2.45, 2.75) is 46.5 Å². The van der Waals surface area contributed by atoms with Crippen LogP contribution in [0.15, 0.2) is 35.3 Å². The number of aliphatic hydroxyl groups excluding tert-OH is 1. The molecule has 0 radical (unpaired) electrons. The van der Waals surface area contributed by atoms with Gasteiger partial charge in [-0.25, -0.2) is 0 Å². The van der Waals surface area contributed by atoms with Crippen molar-refractivity contribution in [1.29, 1.82) is 0 Å². The summed E-state index contributed by atoms with van der Waals surface area (Å²) in [5, 5.41) is 16.0. The van der Waals surface area contributed by atoms with Crippen molar-refractivity contribution in [3.8, 4) is 0 Å². The van der Waals surface area contributed by atoms with E-state index in [0.717, 1.165) is 38.4 Å². The Hall–Kier alpha value is -0.820. The first-order valence-corrected chi connectivity index (χ1v) is 9.24. The van der Waals surface area contributed by atoms with E-state index in [-0.39, 0.29) is 30.6 Å². The van der Waals surface area contributed by atoms with Crippen molar-refractivity contribution < 1.29 is 5.11 Å². The number of nitrogens with zero attached hydrogens (tertiary/aromatic N) is 1. The van der Waals surface area contributed by atoms with Crippen LogP contribution in [0.3, 0.4) is 0 Å².